The molecule has 2 heterocycles. The minimum Gasteiger partial charge on any atom is -0.463 e. The fraction of sp³-hybridized carbons (Fsp3) is 0.562. The van der Waals surface area contributed by atoms with Gasteiger partial charge in [-0.3, -0.25) is 4.79 Å². The Kier molecular flexibility index (Phi) is 11.0. The Balaban J connectivity index is 1.62. The van der Waals surface area contributed by atoms with Crippen LogP contribution < -0.4 is 4.74 Å². The molecule has 0 amide bonds. The first-order valence-electron chi connectivity index (χ1n) is 14.8. The summed E-state index contributed by atoms with van der Waals surface area (Å²) >= 11 is 0. The summed E-state index contributed by atoms with van der Waals surface area (Å²) in [6.45, 7) is 11.2. The molecule has 11 heteroatoms. The lowest BCUT2D eigenvalue weighted by Crippen LogP contribution is -2.60. The van der Waals surface area contributed by atoms with Gasteiger partial charge < -0.3 is 28.4 Å². The largest absolute Gasteiger partial charge is 0.463 e. The summed E-state index contributed by atoms with van der Waals surface area (Å²) in [5.74, 6) is -0.993. The van der Waals surface area contributed by atoms with Crippen molar-refractivity contribution in [3.63, 3.8) is 0 Å². The molecule has 2 aromatic carbocycles. The van der Waals surface area contributed by atoms with E-state index in [0.717, 1.165) is 5.56 Å². The average molecular weight is 596 g/mol. The molecule has 2 aromatic rings. The van der Waals surface area contributed by atoms with Crippen molar-refractivity contribution in [1.82, 2.24) is 0 Å². The van der Waals surface area contributed by atoms with Crippen LogP contribution in [0.15, 0.2) is 59.7 Å². The first-order valence-corrected chi connectivity index (χ1v) is 14.8. The third kappa shape index (κ3) is 7.86. The molecule has 2 aliphatic heterocycles. The van der Waals surface area contributed by atoms with Gasteiger partial charge in [-0.15, -0.1) is 0 Å². The van der Waals surface area contributed by atoms with Crippen LogP contribution in [0.1, 0.15) is 57.0 Å². The molecule has 0 aliphatic carbocycles. The monoisotopic (exact) mass is 595 g/mol. The molecule has 10 atom stereocenters. The van der Waals surface area contributed by atoms with Crippen molar-refractivity contribution in [3.8, 4) is 5.75 Å². The van der Waals surface area contributed by atoms with E-state index in [1.165, 1.54) is 6.92 Å². The van der Waals surface area contributed by atoms with Crippen LogP contribution in [-0.4, -0.2) is 61.6 Å². The van der Waals surface area contributed by atoms with Crippen LogP contribution in [0.3, 0.4) is 0 Å². The van der Waals surface area contributed by atoms with Gasteiger partial charge in [0.05, 0.1) is 29.9 Å². The third-order valence-corrected chi connectivity index (χ3v) is 8.38. The molecule has 0 N–H and O–H groups in total. The van der Waals surface area contributed by atoms with Gasteiger partial charge in [-0.2, -0.15) is 0 Å². The van der Waals surface area contributed by atoms with Gasteiger partial charge in [0.2, 0.25) is 6.29 Å². The second kappa shape index (κ2) is 14.7. The van der Waals surface area contributed by atoms with Crippen LogP contribution in [0, 0.1) is 24.7 Å². The van der Waals surface area contributed by atoms with Crippen LogP contribution in [0.2, 0.25) is 0 Å². The van der Waals surface area contributed by atoms with E-state index in [-0.39, 0.29) is 18.4 Å². The van der Waals surface area contributed by atoms with Crippen molar-refractivity contribution in [2.45, 2.75) is 91.0 Å². The Hall–Kier alpha value is -3.63. The summed E-state index contributed by atoms with van der Waals surface area (Å²) in [4.78, 5) is 27.8. The Bertz CT molecular complexity index is 1270. The first kappa shape index (κ1) is 32.3. The van der Waals surface area contributed by atoms with Gasteiger partial charge in [-0.25, -0.2) is 4.79 Å². The van der Waals surface area contributed by atoms with Crippen LogP contribution in [0.4, 0.5) is 0 Å². The van der Waals surface area contributed by atoms with Crippen molar-refractivity contribution in [3.05, 3.63) is 76.2 Å². The van der Waals surface area contributed by atoms with Crippen molar-refractivity contribution in [2.24, 2.45) is 22.9 Å². The quantitative estimate of drug-likeness (QED) is 0.141. The molecule has 43 heavy (non-hydrogen) atoms. The van der Waals surface area contributed by atoms with Gasteiger partial charge in [0.15, 0.2) is 12.4 Å². The number of carbonyl (C=O) groups is 2. The van der Waals surface area contributed by atoms with E-state index >= 15 is 0 Å². The zero-order valence-corrected chi connectivity index (χ0v) is 25.5. The van der Waals surface area contributed by atoms with Gasteiger partial charge in [-0.05, 0) is 55.0 Å². The van der Waals surface area contributed by atoms with E-state index in [2.05, 4.69) is 10.0 Å². The van der Waals surface area contributed by atoms with Crippen molar-refractivity contribution in [2.75, 3.05) is 6.61 Å². The maximum absolute atomic E-state index is 13.2. The summed E-state index contributed by atoms with van der Waals surface area (Å²) in [5, 5.41) is 4.02. The first-order chi connectivity index (χ1) is 20.6. The molecule has 2 fully saturated rings. The standard InChI is InChI=1S/C32H41N3O8/c1-7-25-28(43-31-27(34-35-33)20(4)19(3)26(41-31)17-38-22(6)36)21(5)29(42-30(37)23-11-9-8-10-12-23)32(40-25)39-24-15-13-18(2)14-16-24/h8-16,19-21,25-29,31-32H,7,17H2,1-6H3/t19-,20-,21-,25?,26?,27?,28-,29?,31-,32+/m0/s1. The number of aryl methyl sites for hydroxylation is 1. The van der Waals surface area contributed by atoms with Crippen molar-refractivity contribution < 1.29 is 38.0 Å². The normalized spacial score (nSPS) is 32.2. The lowest BCUT2D eigenvalue weighted by molar-refractivity contribution is -0.315. The minimum absolute atomic E-state index is 0.0430. The summed E-state index contributed by atoms with van der Waals surface area (Å²) in [5.41, 5.74) is 10.8. The predicted molar refractivity (Wildman–Crippen MR) is 157 cm³/mol. The topological polar surface area (TPSA) is 138 Å². The molecule has 2 aliphatic rings. The van der Waals surface area contributed by atoms with E-state index in [1.54, 1.807) is 24.3 Å². The lowest BCUT2D eigenvalue weighted by Gasteiger charge is -2.48. The lowest BCUT2D eigenvalue weighted by atomic mass is 9.82. The number of carbonyl (C=O) groups excluding carboxylic acids is 2. The van der Waals surface area contributed by atoms with E-state index in [0.29, 0.717) is 17.7 Å². The second-order valence-electron chi connectivity index (χ2n) is 11.3. The molecule has 4 rings (SSSR count). The number of rotatable bonds is 10. The fourth-order valence-corrected chi connectivity index (χ4v) is 5.57. The number of esters is 2. The van der Waals surface area contributed by atoms with Crippen LogP contribution in [0.5, 0.6) is 5.75 Å². The molecule has 0 aromatic heterocycles. The molecular weight excluding hydrogens is 554 g/mol. The Morgan fingerprint density at radius 3 is 2.21 bits per heavy atom. The minimum atomic E-state index is -0.951. The molecule has 0 saturated carbocycles. The van der Waals surface area contributed by atoms with Crippen LogP contribution >= 0.6 is 0 Å². The molecule has 232 valence electrons. The van der Waals surface area contributed by atoms with E-state index in [4.69, 9.17) is 28.4 Å². The molecule has 2 saturated heterocycles. The highest BCUT2D eigenvalue weighted by Crippen LogP contribution is 2.39. The highest BCUT2D eigenvalue weighted by Gasteiger charge is 2.50. The van der Waals surface area contributed by atoms with Gasteiger partial charge in [0.25, 0.3) is 0 Å². The Morgan fingerprint density at radius 2 is 1.58 bits per heavy atom. The third-order valence-electron chi connectivity index (χ3n) is 8.38. The van der Waals surface area contributed by atoms with Crippen molar-refractivity contribution in [1.29, 1.82) is 0 Å². The highest BCUT2D eigenvalue weighted by molar-refractivity contribution is 5.89. The molecule has 4 unspecified atom stereocenters. The maximum atomic E-state index is 13.2. The second-order valence-corrected chi connectivity index (χ2v) is 11.3. The number of benzene rings is 2. The van der Waals surface area contributed by atoms with Gasteiger partial charge in [-0.1, -0.05) is 68.7 Å². The van der Waals surface area contributed by atoms with Crippen molar-refractivity contribution >= 4 is 11.9 Å². The zero-order valence-electron chi connectivity index (χ0n) is 25.5. The zero-order chi connectivity index (χ0) is 31.1. The van der Waals surface area contributed by atoms with E-state index < -0.39 is 60.9 Å². The SMILES string of the molecule is CCC1O[C@@H](Oc2ccc(C)cc2)C(OC(=O)c2ccccc2)[C@@H](C)[C@@H]1O[C@@H]1OC(COC(C)=O)[C@@H](C)[C@H](C)C1N=[N+]=[N-]. The number of hydrogen-bond acceptors (Lipinski definition) is 9. The fourth-order valence-electron chi connectivity index (χ4n) is 5.57. The predicted octanol–water partition coefficient (Wildman–Crippen LogP) is 5.99. The number of azide groups is 1. The molecule has 11 nitrogen and oxygen atoms in total. The Labute approximate surface area is 252 Å². The number of ether oxygens (including phenoxy) is 6. The van der Waals surface area contributed by atoms with E-state index in [1.807, 2.05) is 65.0 Å². The van der Waals surface area contributed by atoms with Crippen LogP contribution in [0.25, 0.3) is 10.4 Å². The smallest absolute Gasteiger partial charge is 0.338 e. The highest BCUT2D eigenvalue weighted by atomic mass is 16.7. The summed E-state index contributed by atoms with van der Waals surface area (Å²) in [6.07, 6.45) is -3.71. The van der Waals surface area contributed by atoms with Gasteiger partial charge in [0.1, 0.15) is 12.4 Å². The van der Waals surface area contributed by atoms with Gasteiger partial charge in [0, 0.05) is 17.8 Å². The number of hydrogen-bond donors (Lipinski definition) is 0. The molecule has 0 bridgehead atoms. The summed E-state index contributed by atoms with van der Waals surface area (Å²) < 4.78 is 36.9. The summed E-state index contributed by atoms with van der Waals surface area (Å²) in [7, 11) is 0. The average Bonchev–Trinajstić information content (AvgIpc) is 3.00. The number of nitrogens with zero attached hydrogens (tertiary/aromatic N) is 3. The summed E-state index contributed by atoms with van der Waals surface area (Å²) in [6, 6.07) is 15.6. The van der Waals surface area contributed by atoms with E-state index in [9.17, 15) is 15.1 Å². The maximum Gasteiger partial charge on any atom is 0.338 e. The Morgan fingerprint density at radius 1 is 0.907 bits per heavy atom. The molecule has 0 radical (unpaired) electrons. The molecule has 0 spiro atoms. The van der Waals surface area contributed by atoms with Gasteiger partial charge >= 0.3 is 11.9 Å². The molecular formula is C32H41N3O8. The van der Waals surface area contributed by atoms with Crippen LogP contribution in [-0.2, 0) is 28.5 Å².